The van der Waals surface area contributed by atoms with E-state index >= 15 is 0 Å². The average molecular weight is 837 g/mol. The first-order chi connectivity index (χ1) is 22.9. The molecule has 0 radical (unpaired) electrons. The second-order valence-electron chi connectivity index (χ2n) is 9.75. The van der Waals surface area contributed by atoms with Crippen LogP contribution in [0.3, 0.4) is 0 Å². The first kappa shape index (κ1) is 46.6. The number of nitrogens with one attached hydrogen (secondary N) is 1. The molecule has 0 aliphatic carbocycles. The van der Waals surface area contributed by atoms with Crippen LogP contribution >= 0.6 is 23.2 Å². The van der Waals surface area contributed by atoms with Gasteiger partial charge in [0, 0.05) is 22.9 Å². The molecule has 0 saturated heterocycles. The van der Waals surface area contributed by atoms with Gasteiger partial charge in [-0.1, -0.05) is 29.5 Å². The van der Waals surface area contributed by atoms with Crippen LogP contribution in [0.25, 0.3) is 10.8 Å². The van der Waals surface area contributed by atoms with Gasteiger partial charge in [-0.05, 0) is 83.9 Å². The zero-order chi connectivity index (χ0) is 35.9. The standard InChI is InChI=1S/C27H21Cl2N7O10S3.3Na/c1-2-36(16-9-7-15(28)8-10-16)27-32-25(29)31-26(33-27)30-19-13-17(47(38,39)40)11-14-12-21(49(44,45)46)23(24(37)22(14)19)35-34-18-5-3-4-6-20(18)48(41,42)43;;;/h3-13,37H,2H2,1H3,(H,38,39,40)(H,41,42,43)(H,44,45,46)(H,30,31,32,33);;;/q;3*+1/p-3. The van der Waals surface area contributed by atoms with E-state index in [1.807, 2.05) is 0 Å². The number of anilines is 4. The molecule has 25 heteroatoms. The van der Waals surface area contributed by atoms with Gasteiger partial charge in [-0.15, -0.1) is 10.2 Å². The molecular weight excluding hydrogens is 818 g/mol. The third kappa shape index (κ3) is 10.8. The summed E-state index contributed by atoms with van der Waals surface area (Å²) in [5.74, 6) is -1.67. The van der Waals surface area contributed by atoms with Crippen LogP contribution in [0, 0.1) is 0 Å². The Kier molecular flexibility index (Phi) is 16.5. The second kappa shape index (κ2) is 18.4. The maximum Gasteiger partial charge on any atom is 1.00 e. The predicted molar refractivity (Wildman–Crippen MR) is 172 cm³/mol. The zero-order valence-corrected chi connectivity index (χ0v) is 37.3. The molecule has 17 nitrogen and oxygen atoms in total. The fourth-order valence-corrected chi connectivity index (χ4v) is 6.61. The van der Waals surface area contributed by atoms with Gasteiger partial charge < -0.3 is 24.4 Å². The minimum atomic E-state index is -5.31. The van der Waals surface area contributed by atoms with Gasteiger partial charge in [0.2, 0.25) is 17.2 Å². The van der Waals surface area contributed by atoms with E-state index < -0.39 is 78.6 Å². The molecule has 4 aromatic carbocycles. The van der Waals surface area contributed by atoms with Crippen LogP contribution in [0.4, 0.5) is 34.6 Å². The molecule has 0 aliphatic rings. The molecule has 0 fully saturated rings. The molecular formula is C27H18Cl2N7Na3O10S3. The summed E-state index contributed by atoms with van der Waals surface area (Å²) in [6.07, 6.45) is 0. The molecule has 0 atom stereocenters. The molecule has 0 unspecified atom stereocenters. The summed E-state index contributed by atoms with van der Waals surface area (Å²) >= 11 is 12.2. The van der Waals surface area contributed by atoms with Gasteiger partial charge in [-0.3, -0.25) is 4.55 Å². The van der Waals surface area contributed by atoms with Gasteiger partial charge in [0.1, 0.15) is 30.8 Å². The molecule has 1 heterocycles. The minimum absolute atomic E-state index is 0. The number of rotatable bonds is 10. The maximum absolute atomic E-state index is 13.9. The van der Waals surface area contributed by atoms with Crippen molar-refractivity contribution in [3.05, 3.63) is 77.0 Å². The normalized spacial score (nSPS) is 11.7. The van der Waals surface area contributed by atoms with Crippen molar-refractivity contribution in [2.24, 2.45) is 10.2 Å². The van der Waals surface area contributed by atoms with Gasteiger partial charge >= 0.3 is 88.7 Å². The Hall–Kier alpha value is -1.54. The number of halogens is 2. The van der Waals surface area contributed by atoms with Crippen LogP contribution in [0.1, 0.15) is 6.92 Å². The smallest absolute Gasteiger partial charge is 0.870 e. The van der Waals surface area contributed by atoms with Crippen molar-refractivity contribution in [2.75, 3.05) is 16.8 Å². The summed E-state index contributed by atoms with van der Waals surface area (Å²) in [5, 5.41) is 22.8. The molecule has 52 heavy (non-hydrogen) atoms. The fourth-order valence-electron chi connectivity index (χ4n) is 4.53. The largest absolute Gasteiger partial charge is 1.00 e. The average Bonchev–Trinajstić information content (AvgIpc) is 3.00. The Balaban J connectivity index is 0.00000312. The first-order valence-corrected chi connectivity index (χ1v) is 18.3. The summed E-state index contributed by atoms with van der Waals surface area (Å²) in [6, 6.07) is 13.1. The van der Waals surface area contributed by atoms with E-state index in [9.17, 15) is 44.0 Å². The molecule has 0 spiro atoms. The van der Waals surface area contributed by atoms with Crippen LogP contribution in [-0.4, -0.2) is 60.4 Å². The minimum Gasteiger partial charge on any atom is -0.870 e. The number of azo groups is 1. The van der Waals surface area contributed by atoms with Gasteiger partial charge in [-0.2, -0.15) is 23.4 Å². The molecule has 5 rings (SSSR count). The van der Waals surface area contributed by atoms with E-state index in [0.29, 0.717) is 29.4 Å². The fraction of sp³-hybridized carbons (Fsp3) is 0.0741. The molecule has 0 amide bonds. The Morgan fingerprint density at radius 3 is 2.04 bits per heavy atom. The van der Waals surface area contributed by atoms with Crippen LogP contribution in [-0.2, 0) is 30.4 Å². The Bertz CT molecular complexity index is 2500. The van der Waals surface area contributed by atoms with E-state index in [-0.39, 0.29) is 106 Å². The molecule has 256 valence electrons. The van der Waals surface area contributed by atoms with Crippen LogP contribution in [0.15, 0.2) is 91.6 Å². The van der Waals surface area contributed by atoms with Crippen molar-refractivity contribution in [2.45, 2.75) is 21.6 Å². The van der Waals surface area contributed by atoms with Crippen molar-refractivity contribution in [1.82, 2.24) is 15.0 Å². The number of hydrogen-bond donors (Lipinski definition) is 2. The van der Waals surface area contributed by atoms with Gasteiger partial charge in [0.25, 0.3) is 10.1 Å². The summed E-state index contributed by atoms with van der Waals surface area (Å²) in [4.78, 5) is 11.0. The quantitative estimate of drug-likeness (QED) is 0.0767. The molecule has 5 aromatic rings. The monoisotopic (exact) mass is 835 g/mol. The third-order valence-electron chi connectivity index (χ3n) is 6.60. The zero-order valence-electron chi connectivity index (χ0n) is 27.3. The van der Waals surface area contributed by atoms with Gasteiger partial charge in [0.05, 0.1) is 15.5 Å². The Labute approximate surface area is 373 Å². The Morgan fingerprint density at radius 1 is 0.827 bits per heavy atom. The molecule has 1 aromatic heterocycles. The topological polar surface area (TPSA) is 270 Å². The molecule has 2 N–H and O–H groups in total. The van der Waals surface area contributed by atoms with Gasteiger partial charge in [-0.25, -0.2) is 16.8 Å². The SMILES string of the molecule is CCN(c1ccc(Cl)cc1)c1nc(Cl)nc(Nc2cc(S(=O)(=O)[O-])cc3cc(S(=O)(=O)O)c(N=Nc4ccccc4S(=O)(=O)[O-])c([O-])c23)n1.[Na+].[Na+].[Na+]. The number of nitrogens with zero attached hydrogens (tertiary/aromatic N) is 6. The number of fused-ring (bicyclic) bond motifs is 1. The van der Waals surface area contributed by atoms with E-state index in [1.54, 1.807) is 36.1 Å². The number of benzene rings is 4. The maximum atomic E-state index is 13.9. The first-order valence-electron chi connectivity index (χ1n) is 13.3. The summed E-state index contributed by atoms with van der Waals surface area (Å²) in [7, 11) is -15.7. The second-order valence-corrected chi connectivity index (χ2v) is 14.6. The van der Waals surface area contributed by atoms with Crippen LogP contribution < -0.4 is 104 Å². The molecule has 0 aliphatic heterocycles. The summed E-state index contributed by atoms with van der Waals surface area (Å²) < 4.78 is 106. The van der Waals surface area contributed by atoms with Crippen molar-refractivity contribution in [3.8, 4) is 5.75 Å². The Morgan fingerprint density at radius 2 is 1.46 bits per heavy atom. The van der Waals surface area contributed by atoms with Crippen molar-refractivity contribution in [3.63, 3.8) is 0 Å². The third-order valence-corrected chi connectivity index (χ3v) is 9.59. The number of hydrogen-bond acceptors (Lipinski definition) is 16. The van der Waals surface area contributed by atoms with Crippen molar-refractivity contribution in [1.29, 1.82) is 0 Å². The van der Waals surface area contributed by atoms with E-state index in [1.165, 1.54) is 12.1 Å². The van der Waals surface area contributed by atoms with Crippen LogP contribution in [0.2, 0.25) is 10.3 Å². The molecule has 0 saturated carbocycles. The van der Waals surface area contributed by atoms with E-state index in [4.69, 9.17) is 23.2 Å². The van der Waals surface area contributed by atoms with Gasteiger partial charge in [0.15, 0.2) is 0 Å². The molecule has 0 bridgehead atoms. The van der Waals surface area contributed by atoms with Crippen molar-refractivity contribution >= 4 is 99.0 Å². The summed E-state index contributed by atoms with van der Waals surface area (Å²) in [5.41, 5.74) is -1.51. The summed E-state index contributed by atoms with van der Waals surface area (Å²) in [6.45, 7) is 2.08. The number of aromatic nitrogens is 3. The van der Waals surface area contributed by atoms with E-state index in [2.05, 4.69) is 30.5 Å². The van der Waals surface area contributed by atoms with E-state index in [0.717, 1.165) is 18.2 Å². The van der Waals surface area contributed by atoms with Crippen molar-refractivity contribution < 1.29 is 133 Å². The van der Waals surface area contributed by atoms with Crippen LogP contribution in [0.5, 0.6) is 5.75 Å². The predicted octanol–water partition coefficient (Wildman–Crippen LogP) is -4.21.